The molecule has 0 saturated carbocycles. The summed E-state index contributed by atoms with van der Waals surface area (Å²) in [6.45, 7) is 5.08. The minimum absolute atomic E-state index is 0.350. The summed E-state index contributed by atoms with van der Waals surface area (Å²) in [6, 6.07) is 10.1. The van der Waals surface area contributed by atoms with Crippen LogP contribution in [0.4, 0.5) is 0 Å². The summed E-state index contributed by atoms with van der Waals surface area (Å²) in [6.07, 6.45) is 0. The summed E-state index contributed by atoms with van der Waals surface area (Å²) >= 11 is 12.1. The standard InChI is InChI=1S/C19H19Cl2N2O3.C2H6/c1-23(2,3)6-7-25-19(24)12-4-5-16-17(10-12)26-18(22-16)13-8-14(20)11-15(21)9-13;1-2/h4-5,8-11H,6-7H2,1-3H3;1-2H3/q+1;. The minimum Gasteiger partial charge on any atom is -0.456 e. The summed E-state index contributed by atoms with van der Waals surface area (Å²) in [4.78, 5) is 16.6. The molecule has 0 aliphatic rings. The molecule has 0 spiro atoms. The number of hydrogen-bond donors (Lipinski definition) is 0. The zero-order chi connectivity index (χ0) is 20.9. The summed E-state index contributed by atoms with van der Waals surface area (Å²) in [5, 5.41) is 0.993. The van der Waals surface area contributed by atoms with Gasteiger partial charge in [0.1, 0.15) is 18.7 Å². The lowest BCUT2D eigenvalue weighted by molar-refractivity contribution is -0.870. The molecule has 0 N–H and O–H groups in total. The van der Waals surface area contributed by atoms with Crippen LogP contribution in [0.5, 0.6) is 0 Å². The number of likely N-dealkylation sites (N-methyl/N-ethyl adjacent to an activating group) is 1. The Morgan fingerprint density at radius 2 is 1.71 bits per heavy atom. The molecule has 5 nitrogen and oxygen atoms in total. The van der Waals surface area contributed by atoms with Gasteiger partial charge in [-0.3, -0.25) is 0 Å². The monoisotopic (exact) mass is 423 g/mol. The highest BCUT2D eigenvalue weighted by molar-refractivity contribution is 6.35. The summed E-state index contributed by atoms with van der Waals surface area (Å²) < 4.78 is 11.8. The highest BCUT2D eigenvalue weighted by Crippen LogP contribution is 2.29. The Hall–Kier alpha value is -2.08. The third-order valence-electron chi connectivity index (χ3n) is 3.73. The number of rotatable bonds is 5. The van der Waals surface area contributed by atoms with Crippen molar-refractivity contribution >= 4 is 40.3 Å². The predicted octanol–water partition coefficient (Wildman–Crippen LogP) is 5.69. The Morgan fingerprint density at radius 1 is 1.07 bits per heavy atom. The van der Waals surface area contributed by atoms with Crippen molar-refractivity contribution in [2.24, 2.45) is 0 Å². The molecule has 1 heterocycles. The predicted molar refractivity (Wildman–Crippen MR) is 114 cm³/mol. The van der Waals surface area contributed by atoms with Gasteiger partial charge in [-0.05, 0) is 36.4 Å². The molecule has 2 aromatic carbocycles. The second-order valence-electron chi connectivity index (χ2n) is 7.01. The van der Waals surface area contributed by atoms with Crippen LogP contribution >= 0.6 is 23.2 Å². The number of quaternary nitrogens is 1. The first kappa shape index (κ1) is 22.2. The van der Waals surface area contributed by atoms with Crippen LogP contribution < -0.4 is 0 Å². The van der Waals surface area contributed by atoms with Crippen LogP contribution in [0.1, 0.15) is 24.2 Å². The average molecular weight is 424 g/mol. The van der Waals surface area contributed by atoms with Gasteiger partial charge in [0.05, 0.1) is 26.7 Å². The van der Waals surface area contributed by atoms with Crippen molar-refractivity contribution in [2.75, 3.05) is 34.3 Å². The maximum atomic E-state index is 12.2. The maximum Gasteiger partial charge on any atom is 0.338 e. The SMILES string of the molecule is CC.C[N+](C)(C)CCOC(=O)c1ccc2nc(-c3cc(Cl)cc(Cl)c3)oc2c1. The van der Waals surface area contributed by atoms with E-state index in [1.807, 2.05) is 35.0 Å². The Morgan fingerprint density at radius 3 is 2.32 bits per heavy atom. The smallest absolute Gasteiger partial charge is 0.338 e. The first-order chi connectivity index (χ1) is 13.2. The Labute approximate surface area is 175 Å². The van der Waals surface area contributed by atoms with E-state index in [0.29, 0.717) is 44.8 Å². The van der Waals surface area contributed by atoms with Gasteiger partial charge in [-0.25, -0.2) is 9.78 Å². The number of nitrogens with zero attached hydrogens (tertiary/aromatic N) is 2. The van der Waals surface area contributed by atoms with E-state index < -0.39 is 0 Å². The van der Waals surface area contributed by atoms with Crippen LogP contribution in [-0.4, -0.2) is 49.7 Å². The molecule has 0 aliphatic carbocycles. The first-order valence-electron chi connectivity index (χ1n) is 9.06. The minimum atomic E-state index is -0.385. The second-order valence-corrected chi connectivity index (χ2v) is 7.88. The van der Waals surface area contributed by atoms with Gasteiger partial charge in [-0.15, -0.1) is 0 Å². The van der Waals surface area contributed by atoms with E-state index in [4.69, 9.17) is 32.4 Å². The van der Waals surface area contributed by atoms with E-state index in [1.165, 1.54) is 0 Å². The molecule has 0 unspecified atom stereocenters. The Bertz CT molecular complexity index is 942. The van der Waals surface area contributed by atoms with Crippen molar-refractivity contribution in [2.45, 2.75) is 13.8 Å². The quantitative estimate of drug-likeness (QED) is 0.390. The first-order valence-corrected chi connectivity index (χ1v) is 9.81. The number of carbonyl (C=O) groups is 1. The summed E-state index contributed by atoms with van der Waals surface area (Å²) in [5.74, 6) is 0.00375. The van der Waals surface area contributed by atoms with Crippen LogP contribution in [0.3, 0.4) is 0 Å². The average Bonchev–Trinajstić information content (AvgIpc) is 3.04. The Balaban J connectivity index is 0.00000136. The summed E-state index contributed by atoms with van der Waals surface area (Å²) in [7, 11) is 6.12. The van der Waals surface area contributed by atoms with Crippen LogP contribution in [0.25, 0.3) is 22.6 Å². The molecule has 0 aliphatic heterocycles. The van der Waals surface area contributed by atoms with Crippen LogP contribution in [0, 0.1) is 0 Å². The van der Waals surface area contributed by atoms with Crippen molar-refractivity contribution < 1.29 is 18.4 Å². The van der Waals surface area contributed by atoms with Crippen LogP contribution in [-0.2, 0) is 4.74 Å². The van der Waals surface area contributed by atoms with Crippen molar-refractivity contribution in [1.82, 2.24) is 4.98 Å². The number of carbonyl (C=O) groups excluding carboxylic acids is 1. The topological polar surface area (TPSA) is 52.3 Å². The number of oxazole rings is 1. The zero-order valence-electron chi connectivity index (χ0n) is 16.8. The lowest BCUT2D eigenvalue weighted by Crippen LogP contribution is -2.38. The third kappa shape index (κ3) is 5.96. The zero-order valence-corrected chi connectivity index (χ0v) is 18.3. The molecule has 0 radical (unpaired) electrons. The summed E-state index contributed by atoms with van der Waals surface area (Å²) in [5.41, 5.74) is 2.23. The van der Waals surface area contributed by atoms with Gasteiger partial charge in [-0.1, -0.05) is 37.0 Å². The number of fused-ring (bicyclic) bond motifs is 1. The molecular weight excluding hydrogens is 399 g/mol. The van der Waals surface area contributed by atoms with Crippen molar-refractivity contribution in [3.63, 3.8) is 0 Å². The van der Waals surface area contributed by atoms with Crippen molar-refractivity contribution in [1.29, 1.82) is 0 Å². The van der Waals surface area contributed by atoms with Gasteiger partial charge in [0.25, 0.3) is 0 Å². The molecular formula is C21H25Cl2N2O3+. The lowest BCUT2D eigenvalue weighted by atomic mass is 10.2. The van der Waals surface area contributed by atoms with E-state index in [-0.39, 0.29) is 5.97 Å². The van der Waals surface area contributed by atoms with Crippen LogP contribution in [0.15, 0.2) is 40.8 Å². The van der Waals surface area contributed by atoms with Crippen molar-refractivity contribution in [3.8, 4) is 11.5 Å². The number of halogens is 2. The molecule has 0 fully saturated rings. The Kier molecular flexibility index (Phi) is 7.47. The fourth-order valence-electron chi connectivity index (χ4n) is 2.35. The molecule has 7 heteroatoms. The second kappa shape index (κ2) is 9.41. The third-order valence-corrected chi connectivity index (χ3v) is 4.17. The normalized spacial score (nSPS) is 11.1. The van der Waals surface area contributed by atoms with Crippen molar-refractivity contribution in [3.05, 3.63) is 52.0 Å². The molecule has 150 valence electrons. The van der Waals surface area contributed by atoms with E-state index in [9.17, 15) is 4.79 Å². The van der Waals surface area contributed by atoms with E-state index >= 15 is 0 Å². The van der Waals surface area contributed by atoms with Gasteiger partial charge in [-0.2, -0.15) is 0 Å². The number of esters is 1. The lowest BCUT2D eigenvalue weighted by Gasteiger charge is -2.23. The highest BCUT2D eigenvalue weighted by Gasteiger charge is 2.15. The fraction of sp³-hybridized carbons (Fsp3) is 0.333. The fourth-order valence-corrected chi connectivity index (χ4v) is 2.87. The van der Waals surface area contributed by atoms with Gasteiger partial charge in [0, 0.05) is 15.6 Å². The molecule has 28 heavy (non-hydrogen) atoms. The van der Waals surface area contributed by atoms with Gasteiger partial charge < -0.3 is 13.6 Å². The van der Waals surface area contributed by atoms with Gasteiger partial charge in [0.15, 0.2) is 5.58 Å². The highest BCUT2D eigenvalue weighted by atomic mass is 35.5. The van der Waals surface area contributed by atoms with Crippen LogP contribution in [0.2, 0.25) is 10.0 Å². The largest absolute Gasteiger partial charge is 0.456 e. The van der Waals surface area contributed by atoms with Gasteiger partial charge >= 0.3 is 5.97 Å². The number of hydrogen-bond acceptors (Lipinski definition) is 4. The van der Waals surface area contributed by atoms with E-state index in [2.05, 4.69) is 4.98 Å². The number of ether oxygens (including phenoxy) is 1. The number of benzene rings is 2. The molecule has 0 atom stereocenters. The molecule has 3 rings (SSSR count). The molecule has 3 aromatic rings. The molecule has 1 aromatic heterocycles. The molecule has 0 saturated heterocycles. The van der Waals surface area contributed by atoms with Gasteiger partial charge in [0.2, 0.25) is 5.89 Å². The van der Waals surface area contributed by atoms with E-state index in [0.717, 1.165) is 11.0 Å². The molecule has 0 amide bonds. The maximum absolute atomic E-state index is 12.2. The van der Waals surface area contributed by atoms with E-state index in [1.54, 1.807) is 36.4 Å². The number of aromatic nitrogens is 1. The molecule has 0 bridgehead atoms.